The van der Waals surface area contributed by atoms with Gasteiger partial charge in [0.2, 0.25) is 11.8 Å². The fourth-order valence-corrected chi connectivity index (χ4v) is 7.31. The van der Waals surface area contributed by atoms with Gasteiger partial charge in [0.15, 0.2) is 11.4 Å². The molecular formula is C42H48N6O5S. The zero-order chi connectivity index (χ0) is 37.7. The second kappa shape index (κ2) is 19.4. The van der Waals surface area contributed by atoms with Gasteiger partial charge in [-0.3, -0.25) is 9.59 Å². The Balaban J connectivity index is 1.00. The largest absolute Gasteiger partial charge is 0.397 e. The van der Waals surface area contributed by atoms with Crippen molar-refractivity contribution < 1.29 is 24.2 Å². The number of carbonyl (C=O) groups is 2. The van der Waals surface area contributed by atoms with Crippen LogP contribution < -0.4 is 16.4 Å². The number of carbonyl (C=O) groups excluding carboxylic acids is 2. The van der Waals surface area contributed by atoms with E-state index in [-0.39, 0.29) is 30.6 Å². The Kier molecular flexibility index (Phi) is 13.9. The van der Waals surface area contributed by atoms with Crippen molar-refractivity contribution in [3.8, 4) is 11.1 Å². The number of benzene rings is 4. The van der Waals surface area contributed by atoms with Crippen molar-refractivity contribution in [1.82, 2.24) is 20.1 Å². The summed E-state index contributed by atoms with van der Waals surface area (Å²) in [5.41, 5.74) is 13.0. The predicted molar refractivity (Wildman–Crippen MR) is 211 cm³/mol. The summed E-state index contributed by atoms with van der Waals surface area (Å²) in [6, 6.07) is 31.4. The molecule has 1 aliphatic heterocycles. The Morgan fingerprint density at radius 1 is 0.870 bits per heavy atom. The third kappa shape index (κ3) is 10.8. The van der Waals surface area contributed by atoms with Crippen LogP contribution in [0.25, 0.3) is 11.1 Å². The fraction of sp³-hybridized carbons (Fsp3) is 0.333. The van der Waals surface area contributed by atoms with Gasteiger partial charge in [0.25, 0.3) is 0 Å². The molecule has 0 aliphatic carbocycles. The van der Waals surface area contributed by atoms with E-state index in [9.17, 15) is 14.7 Å². The smallest absolute Gasteiger partial charge is 0.224 e. The van der Waals surface area contributed by atoms with Crippen molar-refractivity contribution in [2.45, 2.75) is 81.8 Å². The number of nitrogen functional groups attached to an aromatic ring is 1. The van der Waals surface area contributed by atoms with Crippen LogP contribution in [0.5, 0.6) is 0 Å². The van der Waals surface area contributed by atoms with E-state index in [1.165, 1.54) is 0 Å². The Hall–Kier alpha value is -5.01. The first-order valence-electron chi connectivity index (χ1n) is 18.4. The van der Waals surface area contributed by atoms with E-state index in [0.29, 0.717) is 42.9 Å². The van der Waals surface area contributed by atoms with Crippen LogP contribution in [0.3, 0.4) is 0 Å². The van der Waals surface area contributed by atoms with Crippen LogP contribution in [0.15, 0.2) is 109 Å². The van der Waals surface area contributed by atoms with Gasteiger partial charge in [-0.1, -0.05) is 110 Å². The molecule has 1 aromatic heterocycles. The molecule has 11 nitrogen and oxygen atoms in total. The van der Waals surface area contributed by atoms with Crippen LogP contribution in [0.4, 0.5) is 11.4 Å². The molecule has 2 amide bonds. The molecule has 54 heavy (non-hydrogen) atoms. The lowest BCUT2D eigenvalue weighted by Crippen LogP contribution is -2.31. The average molecular weight is 749 g/mol. The number of hydrogen-bond donors (Lipinski definition) is 4. The van der Waals surface area contributed by atoms with Crippen molar-refractivity contribution in [2.75, 3.05) is 16.8 Å². The number of thioether (sulfide) groups is 1. The predicted octanol–water partition coefficient (Wildman–Crippen LogP) is 7.49. The fourth-order valence-electron chi connectivity index (χ4n) is 6.40. The van der Waals surface area contributed by atoms with Gasteiger partial charge in [0.1, 0.15) is 6.33 Å². The first-order chi connectivity index (χ1) is 26.4. The number of rotatable bonds is 17. The standard InChI is InChI=1S/C42H48N6O5S/c1-48-28-45-47-42(48)54-27-34-24-38(31-18-16-29(26-49)17-19-31)53-41(52-34)32-22-20-30(21-23-32)35-11-7-6-10-33(35)25-44-39(50)14-4-2-3-5-15-40(51)46-37-13-9-8-12-36(37)43/h6-13,16-23,28,34,38,41,49H,2-5,14-15,24-27,43H2,1H3,(H,44,50)(H,46,51)/t34-,38+,41+/m0/s1. The summed E-state index contributed by atoms with van der Waals surface area (Å²) < 4.78 is 15.0. The van der Waals surface area contributed by atoms with E-state index in [4.69, 9.17) is 15.2 Å². The topological polar surface area (TPSA) is 154 Å². The summed E-state index contributed by atoms with van der Waals surface area (Å²) in [4.78, 5) is 25.0. The molecule has 2 heterocycles. The van der Waals surface area contributed by atoms with Crippen molar-refractivity contribution in [3.63, 3.8) is 0 Å². The van der Waals surface area contributed by atoms with Crippen LogP contribution >= 0.6 is 11.8 Å². The molecule has 0 unspecified atom stereocenters. The number of aryl methyl sites for hydroxylation is 1. The van der Waals surface area contributed by atoms with Gasteiger partial charge in [0.05, 0.1) is 30.2 Å². The molecule has 6 rings (SSSR count). The molecule has 0 radical (unpaired) electrons. The molecule has 1 fully saturated rings. The molecule has 5 aromatic rings. The van der Waals surface area contributed by atoms with Gasteiger partial charge >= 0.3 is 0 Å². The number of unbranched alkanes of at least 4 members (excludes halogenated alkanes) is 3. The number of aliphatic hydroxyl groups excluding tert-OH is 1. The SMILES string of the molecule is Cn1cnnc1SC[C@@H]1C[C@H](c2ccc(CO)cc2)O[C@H](c2ccc(-c3ccccc3CNC(=O)CCCCCCC(=O)Nc3ccccc3N)cc2)O1. The first-order valence-corrected chi connectivity index (χ1v) is 19.4. The van der Waals surface area contributed by atoms with Crippen LogP contribution in [-0.2, 0) is 39.3 Å². The molecular weight excluding hydrogens is 701 g/mol. The van der Waals surface area contributed by atoms with Crippen LogP contribution in [0.2, 0.25) is 0 Å². The van der Waals surface area contributed by atoms with E-state index < -0.39 is 6.29 Å². The summed E-state index contributed by atoms with van der Waals surface area (Å²) in [6.45, 7) is 0.420. The molecule has 5 N–H and O–H groups in total. The van der Waals surface area contributed by atoms with Crippen LogP contribution in [-0.4, -0.2) is 43.5 Å². The highest BCUT2D eigenvalue weighted by Gasteiger charge is 2.32. The van der Waals surface area contributed by atoms with Crippen molar-refractivity contribution >= 4 is 35.0 Å². The van der Waals surface area contributed by atoms with E-state index in [1.807, 2.05) is 78.3 Å². The molecule has 1 aliphatic rings. The summed E-state index contributed by atoms with van der Waals surface area (Å²) in [5.74, 6) is 0.651. The van der Waals surface area contributed by atoms with Crippen molar-refractivity contribution in [1.29, 1.82) is 0 Å². The van der Waals surface area contributed by atoms with Crippen molar-refractivity contribution in [2.24, 2.45) is 7.05 Å². The zero-order valence-electron chi connectivity index (χ0n) is 30.5. The number of para-hydroxylation sites is 2. The van der Waals surface area contributed by atoms with Gasteiger partial charge in [0, 0.05) is 44.2 Å². The third-order valence-electron chi connectivity index (χ3n) is 9.46. The summed E-state index contributed by atoms with van der Waals surface area (Å²) in [6.07, 6.45) is 5.67. The molecule has 282 valence electrons. The zero-order valence-corrected chi connectivity index (χ0v) is 31.3. The number of ether oxygens (including phenoxy) is 2. The Morgan fingerprint density at radius 3 is 2.30 bits per heavy atom. The van der Waals surface area contributed by atoms with Crippen LogP contribution in [0, 0.1) is 0 Å². The number of anilines is 2. The van der Waals surface area contributed by atoms with Gasteiger partial charge in [-0.05, 0) is 52.8 Å². The Bertz CT molecular complexity index is 1970. The summed E-state index contributed by atoms with van der Waals surface area (Å²) >= 11 is 1.61. The van der Waals surface area contributed by atoms with Gasteiger partial charge in [-0.2, -0.15) is 0 Å². The molecule has 4 aromatic carbocycles. The number of nitrogens with one attached hydrogen (secondary N) is 2. The third-order valence-corrected chi connectivity index (χ3v) is 10.6. The molecule has 12 heteroatoms. The van der Waals surface area contributed by atoms with Crippen molar-refractivity contribution in [3.05, 3.63) is 126 Å². The maximum atomic E-state index is 12.7. The van der Waals surface area contributed by atoms with E-state index >= 15 is 0 Å². The molecule has 0 spiro atoms. The lowest BCUT2D eigenvalue weighted by molar-refractivity contribution is -0.245. The number of aromatic nitrogens is 3. The van der Waals surface area contributed by atoms with Gasteiger partial charge in [-0.25, -0.2) is 0 Å². The highest BCUT2D eigenvalue weighted by Crippen LogP contribution is 2.40. The number of nitrogens with zero attached hydrogens (tertiary/aromatic N) is 3. The molecule has 0 saturated carbocycles. The Morgan fingerprint density at radius 2 is 1.57 bits per heavy atom. The highest BCUT2D eigenvalue weighted by molar-refractivity contribution is 7.99. The highest BCUT2D eigenvalue weighted by atomic mass is 32.2. The number of hydrogen-bond acceptors (Lipinski definition) is 9. The normalized spacial score (nSPS) is 16.9. The van der Waals surface area contributed by atoms with E-state index in [0.717, 1.165) is 64.2 Å². The molecule has 1 saturated heterocycles. The number of amides is 2. The second-order valence-corrected chi connectivity index (χ2v) is 14.5. The number of aliphatic hydroxyl groups is 1. The summed E-state index contributed by atoms with van der Waals surface area (Å²) in [7, 11) is 1.93. The average Bonchev–Trinajstić information content (AvgIpc) is 3.62. The van der Waals surface area contributed by atoms with E-state index in [1.54, 1.807) is 30.2 Å². The lowest BCUT2D eigenvalue weighted by Gasteiger charge is -2.36. The monoisotopic (exact) mass is 748 g/mol. The van der Waals surface area contributed by atoms with Crippen LogP contribution in [0.1, 0.15) is 79.6 Å². The van der Waals surface area contributed by atoms with Gasteiger partial charge in [-0.15, -0.1) is 10.2 Å². The maximum Gasteiger partial charge on any atom is 0.224 e. The lowest BCUT2D eigenvalue weighted by atomic mass is 9.97. The Labute approximate surface area is 320 Å². The molecule has 0 bridgehead atoms. The van der Waals surface area contributed by atoms with Gasteiger partial charge < -0.3 is 35.5 Å². The van der Waals surface area contributed by atoms with E-state index in [2.05, 4.69) is 39.0 Å². The quantitative estimate of drug-likeness (QED) is 0.0430. The minimum atomic E-state index is -0.569. The molecule has 3 atom stereocenters. The summed E-state index contributed by atoms with van der Waals surface area (Å²) in [5, 5.41) is 24.5. The maximum absolute atomic E-state index is 12.7. The second-order valence-electron chi connectivity index (χ2n) is 13.5. The first kappa shape index (κ1) is 38.7. The minimum Gasteiger partial charge on any atom is -0.397 e. The number of nitrogens with two attached hydrogens (primary N) is 1. The minimum absolute atomic E-state index is 0.00664.